The van der Waals surface area contributed by atoms with Crippen molar-refractivity contribution in [1.82, 2.24) is 0 Å². The van der Waals surface area contributed by atoms with Crippen molar-refractivity contribution < 1.29 is 9.53 Å². The summed E-state index contributed by atoms with van der Waals surface area (Å²) in [6.07, 6.45) is 2.57. The van der Waals surface area contributed by atoms with Crippen molar-refractivity contribution >= 4 is 5.97 Å². The fraction of sp³-hybridized carbons (Fsp3) is 0.917. The van der Waals surface area contributed by atoms with E-state index >= 15 is 0 Å². The van der Waals surface area contributed by atoms with Gasteiger partial charge in [0.25, 0.3) is 0 Å². The maximum atomic E-state index is 12.0. The fourth-order valence-electron chi connectivity index (χ4n) is 1.57. The monoisotopic (exact) mass is 200 g/mol. The second kappa shape index (κ2) is 4.81. The van der Waals surface area contributed by atoms with Crippen molar-refractivity contribution in [2.45, 2.75) is 66.4 Å². The Morgan fingerprint density at radius 1 is 1.00 bits per heavy atom. The van der Waals surface area contributed by atoms with E-state index in [1.807, 2.05) is 20.8 Å². The van der Waals surface area contributed by atoms with Crippen LogP contribution in [0.4, 0.5) is 0 Å². The minimum absolute atomic E-state index is 0.0440. The largest absolute Gasteiger partial charge is 0.460 e. The number of hydrogen-bond acceptors (Lipinski definition) is 2. The zero-order valence-electron chi connectivity index (χ0n) is 10.4. The SMILES string of the molecule is CCC(CC)(CC)C(=O)OC(C)(C)C. The highest BCUT2D eigenvalue weighted by Gasteiger charge is 2.36. The Kier molecular flexibility index (Phi) is 4.63. The minimum Gasteiger partial charge on any atom is -0.460 e. The lowest BCUT2D eigenvalue weighted by molar-refractivity contribution is -0.168. The van der Waals surface area contributed by atoms with Gasteiger partial charge < -0.3 is 4.74 Å². The van der Waals surface area contributed by atoms with Crippen LogP contribution in [0.5, 0.6) is 0 Å². The summed E-state index contributed by atoms with van der Waals surface area (Å²) >= 11 is 0. The lowest BCUT2D eigenvalue weighted by Gasteiger charge is -2.31. The molecule has 0 amide bonds. The Labute approximate surface area is 88.0 Å². The molecule has 84 valence electrons. The molecule has 2 nitrogen and oxygen atoms in total. The predicted molar refractivity (Wildman–Crippen MR) is 59.2 cm³/mol. The predicted octanol–water partition coefficient (Wildman–Crippen LogP) is 3.54. The highest BCUT2D eigenvalue weighted by Crippen LogP contribution is 2.33. The fourth-order valence-corrected chi connectivity index (χ4v) is 1.57. The van der Waals surface area contributed by atoms with Gasteiger partial charge in [0.2, 0.25) is 0 Å². The molecule has 0 rings (SSSR count). The van der Waals surface area contributed by atoms with Crippen LogP contribution in [0, 0.1) is 5.41 Å². The molecule has 0 aliphatic rings. The van der Waals surface area contributed by atoms with E-state index in [-0.39, 0.29) is 17.0 Å². The number of esters is 1. The second-order valence-electron chi connectivity index (χ2n) is 4.84. The molecule has 0 saturated heterocycles. The Hall–Kier alpha value is -0.530. The van der Waals surface area contributed by atoms with Gasteiger partial charge in [-0.3, -0.25) is 4.79 Å². The second-order valence-corrected chi connectivity index (χ2v) is 4.84. The van der Waals surface area contributed by atoms with Crippen LogP contribution < -0.4 is 0 Å². The van der Waals surface area contributed by atoms with Gasteiger partial charge in [-0.25, -0.2) is 0 Å². The summed E-state index contributed by atoms with van der Waals surface area (Å²) in [6, 6.07) is 0. The van der Waals surface area contributed by atoms with E-state index in [1.165, 1.54) is 0 Å². The maximum Gasteiger partial charge on any atom is 0.312 e. The van der Waals surface area contributed by atoms with Crippen LogP contribution in [-0.4, -0.2) is 11.6 Å². The zero-order valence-corrected chi connectivity index (χ0v) is 10.4. The molecule has 2 heteroatoms. The smallest absolute Gasteiger partial charge is 0.312 e. The van der Waals surface area contributed by atoms with E-state index in [4.69, 9.17) is 4.74 Å². The molecular formula is C12H24O2. The van der Waals surface area contributed by atoms with E-state index in [2.05, 4.69) is 20.8 Å². The van der Waals surface area contributed by atoms with Gasteiger partial charge in [-0.15, -0.1) is 0 Å². The van der Waals surface area contributed by atoms with Crippen LogP contribution in [0.15, 0.2) is 0 Å². The molecule has 0 aromatic carbocycles. The molecule has 0 atom stereocenters. The zero-order chi connectivity index (χ0) is 11.4. The van der Waals surface area contributed by atoms with Crippen LogP contribution >= 0.6 is 0 Å². The van der Waals surface area contributed by atoms with Crippen molar-refractivity contribution in [2.75, 3.05) is 0 Å². The minimum atomic E-state index is -0.373. The Morgan fingerprint density at radius 2 is 1.36 bits per heavy atom. The summed E-state index contributed by atoms with van der Waals surface area (Å²) in [4.78, 5) is 12.0. The lowest BCUT2D eigenvalue weighted by Crippen LogP contribution is -2.36. The first kappa shape index (κ1) is 13.5. The van der Waals surface area contributed by atoms with Gasteiger partial charge in [0.1, 0.15) is 5.60 Å². The molecule has 0 spiro atoms. The summed E-state index contributed by atoms with van der Waals surface area (Å²) in [5.74, 6) is -0.0440. The van der Waals surface area contributed by atoms with Gasteiger partial charge in [0.15, 0.2) is 0 Å². The third kappa shape index (κ3) is 3.32. The Morgan fingerprint density at radius 3 is 1.57 bits per heavy atom. The number of ether oxygens (including phenoxy) is 1. The van der Waals surface area contributed by atoms with Gasteiger partial charge in [-0.05, 0) is 40.0 Å². The van der Waals surface area contributed by atoms with Gasteiger partial charge >= 0.3 is 5.97 Å². The highest BCUT2D eigenvalue weighted by atomic mass is 16.6. The van der Waals surface area contributed by atoms with E-state index in [1.54, 1.807) is 0 Å². The lowest BCUT2D eigenvalue weighted by atomic mass is 9.80. The first-order valence-corrected chi connectivity index (χ1v) is 5.54. The third-order valence-corrected chi connectivity index (χ3v) is 2.86. The van der Waals surface area contributed by atoms with Gasteiger partial charge in [0, 0.05) is 0 Å². The summed E-state index contributed by atoms with van der Waals surface area (Å²) in [5, 5.41) is 0. The van der Waals surface area contributed by atoms with Crippen molar-refractivity contribution in [3.63, 3.8) is 0 Å². The first-order valence-electron chi connectivity index (χ1n) is 5.54. The number of rotatable bonds is 4. The highest BCUT2D eigenvalue weighted by molar-refractivity contribution is 5.77. The molecule has 0 saturated carbocycles. The Balaban J connectivity index is 4.61. The van der Waals surface area contributed by atoms with Crippen LogP contribution in [0.25, 0.3) is 0 Å². The normalized spacial score (nSPS) is 12.7. The summed E-state index contributed by atoms with van der Waals surface area (Å²) in [6.45, 7) is 11.9. The molecule has 0 N–H and O–H groups in total. The topological polar surface area (TPSA) is 26.3 Å². The summed E-state index contributed by atoms with van der Waals surface area (Å²) in [5.41, 5.74) is -0.644. The van der Waals surface area contributed by atoms with Crippen LogP contribution in [0.1, 0.15) is 60.8 Å². The first-order chi connectivity index (χ1) is 6.31. The molecular weight excluding hydrogens is 176 g/mol. The van der Waals surface area contributed by atoms with Crippen LogP contribution in [0.2, 0.25) is 0 Å². The van der Waals surface area contributed by atoms with E-state index < -0.39 is 0 Å². The Bertz CT molecular complexity index is 177. The molecule has 14 heavy (non-hydrogen) atoms. The average Bonchev–Trinajstić information content (AvgIpc) is 2.05. The van der Waals surface area contributed by atoms with Crippen molar-refractivity contribution in [3.8, 4) is 0 Å². The number of hydrogen-bond donors (Lipinski definition) is 0. The van der Waals surface area contributed by atoms with Crippen LogP contribution in [-0.2, 0) is 9.53 Å². The van der Waals surface area contributed by atoms with Crippen molar-refractivity contribution in [3.05, 3.63) is 0 Å². The van der Waals surface area contributed by atoms with E-state index in [0.29, 0.717) is 0 Å². The molecule has 0 heterocycles. The molecule has 0 aliphatic heterocycles. The average molecular weight is 200 g/mol. The van der Waals surface area contributed by atoms with Gasteiger partial charge in [0.05, 0.1) is 5.41 Å². The molecule has 0 fully saturated rings. The molecule has 0 unspecified atom stereocenters. The summed E-state index contributed by atoms with van der Waals surface area (Å²) < 4.78 is 5.44. The van der Waals surface area contributed by atoms with Gasteiger partial charge in [-0.1, -0.05) is 20.8 Å². The van der Waals surface area contributed by atoms with Crippen LogP contribution in [0.3, 0.4) is 0 Å². The molecule has 0 aromatic rings. The van der Waals surface area contributed by atoms with Crippen molar-refractivity contribution in [2.24, 2.45) is 5.41 Å². The van der Waals surface area contributed by atoms with E-state index in [0.717, 1.165) is 19.3 Å². The maximum absolute atomic E-state index is 12.0. The standard InChI is InChI=1S/C12H24O2/c1-7-12(8-2,9-3)10(13)14-11(4,5)6/h7-9H2,1-6H3. The number of carbonyl (C=O) groups is 1. The summed E-state index contributed by atoms with van der Waals surface area (Å²) in [7, 11) is 0. The molecule has 0 radical (unpaired) electrons. The molecule has 0 bridgehead atoms. The van der Waals surface area contributed by atoms with Crippen molar-refractivity contribution in [1.29, 1.82) is 0 Å². The van der Waals surface area contributed by atoms with E-state index in [9.17, 15) is 4.79 Å². The third-order valence-electron chi connectivity index (χ3n) is 2.86. The molecule has 0 aliphatic carbocycles. The number of carbonyl (C=O) groups excluding carboxylic acids is 1. The van der Waals surface area contributed by atoms with Gasteiger partial charge in [-0.2, -0.15) is 0 Å². The molecule has 0 aromatic heterocycles. The quantitative estimate of drug-likeness (QED) is 0.649.